The third-order valence-electron chi connectivity index (χ3n) is 3.13. The van der Waals surface area contributed by atoms with Crippen LogP contribution in [-0.2, 0) is 66.7 Å². The Kier molecular flexibility index (Phi) is 8.59. The molecule has 1 rings (SSSR count). The van der Waals surface area contributed by atoms with Gasteiger partial charge in [0.2, 0.25) is 0 Å². The summed E-state index contributed by atoms with van der Waals surface area (Å²) in [6.07, 6.45) is -6.25. The summed E-state index contributed by atoms with van der Waals surface area (Å²) in [6, 6.07) is 0. The molecule has 14 nitrogen and oxygen atoms in total. The van der Waals surface area contributed by atoms with Crippen LogP contribution in [0, 0.1) is 0 Å². The van der Waals surface area contributed by atoms with Crippen LogP contribution in [0.25, 0.3) is 0 Å². The van der Waals surface area contributed by atoms with Crippen molar-refractivity contribution in [3.63, 3.8) is 0 Å². The van der Waals surface area contributed by atoms with E-state index in [0.717, 1.165) is 7.11 Å². The molecule has 1 aliphatic rings. The Morgan fingerprint density at radius 1 is 0.655 bits per heavy atom. The van der Waals surface area contributed by atoms with Crippen LogP contribution in [0.1, 0.15) is 0 Å². The van der Waals surface area contributed by atoms with E-state index in [4.69, 9.17) is 22.0 Å². The molecule has 0 aromatic rings. The predicted molar refractivity (Wildman–Crippen MR) is 95.6 cm³/mol. The topological polar surface area (TPSA) is 192 Å². The minimum Gasteiger partial charge on any atom is -0.353 e. The lowest BCUT2D eigenvalue weighted by Gasteiger charge is -2.43. The minimum atomic E-state index is -4.32. The maximum atomic E-state index is 11.7. The van der Waals surface area contributed by atoms with Crippen LogP contribution in [0.3, 0.4) is 0 Å². The summed E-state index contributed by atoms with van der Waals surface area (Å²) in [5.74, 6) is 0. The van der Waals surface area contributed by atoms with Gasteiger partial charge in [0, 0.05) is 7.11 Å². The fourth-order valence-electron chi connectivity index (χ4n) is 2.33. The van der Waals surface area contributed by atoms with Crippen molar-refractivity contribution in [3.05, 3.63) is 0 Å². The minimum absolute atomic E-state index is 0.612. The van der Waals surface area contributed by atoms with Gasteiger partial charge in [0.1, 0.15) is 18.3 Å². The second kappa shape index (κ2) is 9.37. The van der Waals surface area contributed by atoms with Gasteiger partial charge in [-0.05, 0) is 0 Å². The van der Waals surface area contributed by atoms with Gasteiger partial charge in [-0.25, -0.2) is 0 Å². The Labute approximate surface area is 169 Å². The molecule has 174 valence electrons. The van der Waals surface area contributed by atoms with Gasteiger partial charge < -0.3 is 9.47 Å². The van der Waals surface area contributed by atoms with Crippen molar-refractivity contribution in [2.24, 2.45) is 0 Å². The van der Waals surface area contributed by atoms with Crippen LogP contribution in [0.5, 0.6) is 0 Å². The normalized spacial score (nSPS) is 29.6. The highest BCUT2D eigenvalue weighted by molar-refractivity contribution is 7.86. The standard InChI is InChI=1S/C11H22O14S4/c1-20-11-10(25-29(5,18)19)9(24-28(4,16)17)8(23-27(3,14)15)7(22-11)6-21-26(2,12)13/h7-11H,6H2,1-5H3/t7-,8+,9+,10+,11-/m0/s1. The Morgan fingerprint density at radius 2 is 1.07 bits per heavy atom. The molecule has 1 aliphatic heterocycles. The summed E-state index contributed by atoms with van der Waals surface area (Å²) >= 11 is 0. The second-order valence-corrected chi connectivity index (χ2v) is 12.5. The Balaban J connectivity index is 3.49. The van der Waals surface area contributed by atoms with E-state index in [1.807, 2.05) is 0 Å². The molecule has 0 radical (unpaired) electrons. The van der Waals surface area contributed by atoms with Crippen molar-refractivity contribution >= 4 is 40.5 Å². The summed E-state index contributed by atoms with van der Waals surface area (Å²) < 4.78 is 122. The van der Waals surface area contributed by atoms with Crippen LogP contribution in [-0.4, -0.2) is 103 Å². The van der Waals surface area contributed by atoms with Crippen molar-refractivity contribution in [1.29, 1.82) is 0 Å². The molecular formula is C11H22O14S4. The molecule has 0 aromatic carbocycles. The third kappa shape index (κ3) is 9.94. The highest BCUT2D eigenvalue weighted by atomic mass is 32.2. The quantitative estimate of drug-likeness (QED) is 0.279. The van der Waals surface area contributed by atoms with Crippen molar-refractivity contribution < 1.29 is 59.9 Å². The van der Waals surface area contributed by atoms with Gasteiger partial charge in [0.25, 0.3) is 40.5 Å². The monoisotopic (exact) mass is 506 g/mol. The Morgan fingerprint density at radius 3 is 1.45 bits per heavy atom. The summed E-state index contributed by atoms with van der Waals surface area (Å²) in [4.78, 5) is 0. The molecule has 0 saturated carbocycles. The SMILES string of the molecule is CO[C@H]1O[C@@H](COS(C)(=O)=O)[C@@H](OS(C)(=O)=O)[C@@H](OS(C)(=O)=O)[C@H]1OS(C)(=O)=O. The van der Waals surface area contributed by atoms with Crippen molar-refractivity contribution in [2.45, 2.75) is 30.7 Å². The average molecular weight is 507 g/mol. The number of ether oxygens (including phenoxy) is 2. The van der Waals surface area contributed by atoms with E-state index in [1.165, 1.54) is 0 Å². The third-order valence-corrected chi connectivity index (χ3v) is 5.41. The van der Waals surface area contributed by atoms with Crippen LogP contribution < -0.4 is 0 Å². The molecule has 0 aliphatic carbocycles. The van der Waals surface area contributed by atoms with E-state index in [1.54, 1.807) is 0 Å². The molecule has 1 heterocycles. The van der Waals surface area contributed by atoms with Crippen LogP contribution in [0.2, 0.25) is 0 Å². The van der Waals surface area contributed by atoms with E-state index in [2.05, 4.69) is 4.18 Å². The first-order valence-electron chi connectivity index (χ1n) is 7.49. The number of hydrogen-bond acceptors (Lipinski definition) is 14. The number of rotatable bonds is 10. The van der Waals surface area contributed by atoms with Gasteiger partial charge in [-0.3, -0.25) is 16.7 Å². The molecule has 0 N–H and O–H groups in total. The zero-order chi connectivity index (χ0) is 22.8. The Hall–Kier alpha value is -0.440. The van der Waals surface area contributed by atoms with Gasteiger partial charge in [0.15, 0.2) is 12.4 Å². The van der Waals surface area contributed by atoms with E-state index in [9.17, 15) is 33.7 Å². The molecule has 0 unspecified atom stereocenters. The molecule has 1 saturated heterocycles. The summed E-state index contributed by atoms with van der Waals surface area (Å²) in [7, 11) is -15.8. The van der Waals surface area contributed by atoms with Gasteiger partial charge >= 0.3 is 0 Å². The van der Waals surface area contributed by atoms with E-state index < -0.39 is 77.8 Å². The predicted octanol–water partition coefficient (Wildman–Crippen LogP) is -2.63. The Bertz CT molecular complexity index is 980. The molecule has 0 spiro atoms. The highest BCUT2D eigenvalue weighted by Gasteiger charge is 2.53. The molecule has 18 heteroatoms. The smallest absolute Gasteiger partial charge is 0.264 e. The molecule has 1 fully saturated rings. The van der Waals surface area contributed by atoms with Gasteiger partial charge in [0.05, 0.1) is 31.6 Å². The van der Waals surface area contributed by atoms with Gasteiger partial charge in [-0.15, -0.1) is 0 Å². The zero-order valence-corrected chi connectivity index (χ0v) is 19.2. The number of hydrogen-bond donors (Lipinski definition) is 0. The van der Waals surface area contributed by atoms with Crippen molar-refractivity contribution in [3.8, 4) is 0 Å². The highest BCUT2D eigenvalue weighted by Crippen LogP contribution is 2.31. The average Bonchev–Trinajstić information content (AvgIpc) is 2.44. The maximum Gasteiger partial charge on any atom is 0.264 e. The van der Waals surface area contributed by atoms with E-state index in [0.29, 0.717) is 25.0 Å². The van der Waals surface area contributed by atoms with Crippen LogP contribution in [0.15, 0.2) is 0 Å². The first-order chi connectivity index (χ1) is 12.8. The maximum absolute atomic E-state index is 11.7. The van der Waals surface area contributed by atoms with Crippen LogP contribution >= 0.6 is 0 Å². The first-order valence-corrected chi connectivity index (χ1v) is 14.8. The molecule has 0 aromatic heterocycles. The van der Waals surface area contributed by atoms with Crippen LogP contribution in [0.4, 0.5) is 0 Å². The van der Waals surface area contributed by atoms with Crippen molar-refractivity contribution in [2.75, 3.05) is 38.7 Å². The molecular weight excluding hydrogens is 484 g/mol. The number of methoxy groups -OCH3 is 1. The summed E-state index contributed by atoms with van der Waals surface area (Å²) in [5.41, 5.74) is 0. The molecule has 0 amide bonds. The first kappa shape index (κ1) is 26.6. The fraction of sp³-hybridized carbons (Fsp3) is 1.00. The second-order valence-electron chi connectivity index (χ2n) is 6.06. The van der Waals surface area contributed by atoms with E-state index in [-0.39, 0.29) is 0 Å². The zero-order valence-electron chi connectivity index (χ0n) is 15.9. The molecule has 0 bridgehead atoms. The largest absolute Gasteiger partial charge is 0.353 e. The lowest BCUT2D eigenvalue weighted by Crippen LogP contribution is -2.62. The van der Waals surface area contributed by atoms with E-state index >= 15 is 0 Å². The van der Waals surface area contributed by atoms with Crippen molar-refractivity contribution in [1.82, 2.24) is 0 Å². The van der Waals surface area contributed by atoms with Gasteiger partial charge in [-0.1, -0.05) is 0 Å². The summed E-state index contributed by atoms with van der Waals surface area (Å²) in [6.45, 7) is -0.825. The summed E-state index contributed by atoms with van der Waals surface area (Å²) in [5, 5.41) is 0. The molecule has 29 heavy (non-hydrogen) atoms. The molecule has 5 atom stereocenters. The van der Waals surface area contributed by atoms with Gasteiger partial charge in [-0.2, -0.15) is 33.7 Å². The lowest BCUT2D eigenvalue weighted by atomic mass is 9.99. The fourth-order valence-corrected chi connectivity index (χ4v) is 4.57. The lowest BCUT2D eigenvalue weighted by molar-refractivity contribution is -0.276.